The number of carbonyl (C=O) groups excluding carboxylic acids is 3. The molecule has 2 heterocycles. The van der Waals surface area contributed by atoms with Crippen molar-refractivity contribution in [3.63, 3.8) is 0 Å². The first-order valence-electron chi connectivity index (χ1n) is 9.06. The third-order valence-electron chi connectivity index (χ3n) is 5.19. The molecule has 3 rings (SSSR count). The second kappa shape index (κ2) is 7.35. The monoisotopic (exact) mass is 343 g/mol. The zero-order valence-corrected chi connectivity index (χ0v) is 14.7. The Morgan fingerprint density at radius 1 is 1.16 bits per heavy atom. The van der Waals surface area contributed by atoms with Gasteiger partial charge in [0.25, 0.3) is 17.7 Å². The lowest BCUT2D eigenvalue weighted by molar-refractivity contribution is 0.0651. The molecule has 25 heavy (non-hydrogen) atoms. The summed E-state index contributed by atoms with van der Waals surface area (Å²) in [6.07, 6.45) is 3.52. The number of unbranched alkanes of at least 4 members (excludes halogenated alkanes) is 1. The average Bonchev–Trinajstić information content (AvgIpc) is 2.89. The molecule has 1 saturated heterocycles. The van der Waals surface area contributed by atoms with Gasteiger partial charge in [0.1, 0.15) is 0 Å². The Labute approximate surface area is 148 Å². The van der Waals surface area contributed by atoms with Crippen LogP contribution in [0.3, 0.4) is 0 Å². The first-order chi connectivity index (χ1) is 12.1. The van der Waals surface area contributed by atoms with Gasteiger partial charge in [0.15, 0.2) is 0 Å². The third-order valence-corrected chi connectivity index (χ3v) is 5.19. The van der Waals surface area contributed by atoms with Crippen LogP contribution >= 0.6 is 0 Å². The number of piperidine rings is 1. The highest BCUT2D eigenvalue weighted by Crippen LogP contribution is 2.26. The van der Waals surface area contributed by atoms with Crippen molar-refractivity contribution in [1.82, 2.24) is 9.80 Å². The van der Waals surface area contributed by atoms with Crippen LogP contribution in [0.4, 0.5) is 0 Å². The Balaban J connectivity index is 1.76. The van der Waals surface area contributed by atoms with Crippen LogP contribution in [-0.2, 0) is 0 Å². The van der Waals surface area contributed by atoms with Crippen molar-refractivity contribution in [2.75, 3.05) is 26.2 Å². The maximum Gasteiger partial charge on any atom is 0.261 e. The maximum absolute atomic E-state index is 12.7. The van der Waals surface area contributed by atoms with Crippen LogP contribution in [0.15, 0.2) is 18.2 Å². The number of rotatable bonds is 5. The third kappa shape index (κ3) is 3.31. The highest BCUT2D eigenvalue weighted by atomic mass is 16.2. The molecule has 0 saturated carbocycles. The first kappa shape index (κ1) is 17.6. The summed E-state index contributed by atoms with van der Waals surface area (Å²) in [6.45, 7) is 4.48. The number of nitrogens with two attached hydrogens (primary N) is 1. The van der Waals surface area contributed by atoms with Gasteiger partial charge in [0.05, 0.1) is 11.1 Å². The number of amides is 3. The van der Waals surface area contributed by atoms with Crippen molar-refractivity contribution in [3.8, 4) is 0 Å². The average molecular weight is 343 g/mol. The van der Waals surface area contributed by atoms with Crippen molar-refractivity contribution in [1.29, 1.82) is 0 Å². The molecule has 2 aliphatic rings. The summed E-state index contributed by atoms with van der Waals surface area (Å²) in [6, 6.07) is 4.85. The Bertz CT molecular complexity index is 693. The number of nitrogens with zero attached hydrogens (tertiary/aromatic N) is 2. The van der Waals surface area contributed by atoms with E-state index in [2.05, 4.69) is 0 Å². The summed E-state index contributed by atoms with van der Waals surface area (Å²) in [5.41, 5.74) is 6.92. The SMILES string of the molecule is CCCCN1C(=O)c2ccc(C(=O)N3CCC(CN)CC3)cc2C1=O. The van der Waals surface area contributed by atoms with Crippen LogP contribution in [0.1, 0.15) is 63.7 Å². The minimum Gasteiger partial charge on any atom is -0.339 e. The smallest absolute Gasteiger partial charge is 0.261 e. The maximum atomic E-state index is 12.7. The molecule has 2 aliphatic heterocycles. The van der Waals surface area contributed by atoms with Gasteiger partial charge in [-0.2, -0.15) is 0 Å². The van der Waals surface area contributed by atoms with E-state index in [0.29, 0.717) is 48.8 Å². The van der Waals surface area contributed by atoms with E-state index in [1.165, 1.54) is 4.90 Å². The summed E-state index contributed by atoms with van der Waals surface area (Å²) < 4.78 is 0. The molecule has 0 aromatic heterocycles. The van der Waals surface area contributed by atoms with Crippen LogP contribution in [-0.4, -0.2) is 53.7 Å². The van der Waals surface area contributed by atoms with Gasteiger partial charge in [-0.05, 0) is 49.9 Å². The van der Waals surface area contributed by atoms with Gasteiger partial charge in [0, 0.05) is 25.2 Å². The predicted molar refractivity (Wildman–Crippen MR) is 94.4 cm³/mol. The Morgan fingerprint density at radius 3 is 2.48 bits per heavy atom. The zero-order chi connectivity index (χ0) is 18.0. The molecule has 0 bridgehead atoms. The first-order valence-corrected chi connectivity index (χ1v) is 9.06. The van der Waals surface area contributed by atoms with Gasteiger partial charge in [-0.1, -0.05) is 13.3 Å². The van der Waals surface area contributed by atoms with E-state index in [4.69, 9.17) is 5.73 Å². The van der Waals surface area contributed by atoms with E-state index < -0.39 is 0 Å². The number of imide groups is 1. The van der Waals surface area contributed by atoms with E-state index >= 15 is 0 Å². The van der Waals surface area contributed by atoms with Crippen molar-refractivity contribution in [2.24, 2.45) is 11.7 Å². The fourth-order valence-corrected chi connectivity index (χ4v) is 3.50. The van der Waals surface area contributed by atoms with Gasteiger partial charge in [-0.3, -0.25) is 19.3 Å². The molecule has 0 spiro atoms. The van der Waals surface area contributed by atoms with Crippen molar-refractivity contribution >= 4 is 17.7 Å². The molecule has 1 aromatic carbocycles. The normalized spacial score (nSPS) is 18.0. The van der Waals surface area contributed by atoms with Crippen molar-refractivity contribution in [2.45, 2.75) is 32.6 Å². The highest BCUT2D eigenvalue weighted by Gasteiger charge is 2.36. The Kier molecular flexibility index (Phi) is 5.18. The molecule has 2 N–H and O–H groups in total. The minimum absolute atomic E-state index is 0.0782. The molecule has 134 valence electrons. The molecule has 3 amide bonds. The van der Waals surface area contributed by atoms with E-state index in [-0.39, 0.29) is 17.7 Å². The van der Waals surface area contributed by atoms with Gasteiger partial charge >= 0.3 is 0 Å². The highest BCUT2D eigenvalue weighted by molar-refractivity contribution is 6.22. The summed E-state index contributed by atoms with van der Waals surface area (Å²) in [5, 5.41) is 0. The predicted octanol–water partition coefficient (Wildman–Crippen LogP) is 1.89. The lowest BCUT2D eigenvalue weighted by Crippen LogP contribution is -2.40. The zero-order valence-electron chi connectivity index (χ0n) is 14.7. The molecular formula is C19H25N3O3. The van der Waals surface area contributed by atoms with Gasteiger partial charge in [-0.15, -0.1) is 0 Å². The number of benzene rings is 1. The molecule has 0 unspecified atom stereocenters. The fourth-order valence-electron chi connectivity index (χ4n) is 3.50. The minimum atomic E-state index is -0.287. The summed E-state index contributed by atoms with van der Waals surface area (Å²) in [7, 11) is 0. The van der Waals surface area contributed by atoms with Crippen LogP contribution < -0.4 is 5.73 Å². The number of fused-ring (bicyclic) bond motifs is 1. The number of carbonyl (C=O) groups is 3. The van der Waals surface area contributed by atoms with Crippen LogP contribution in [0.25, 0.3) is 0 Å². The molecule has 1 fully saturated rings. The molecule has 1 aromatic rings. The van der Waals surface area contributed by atoms with E-state index in [9.17, 15) is 14.4 Å². The lowest BCUT2D eigenvalue weighted by atomic mass is 9.96. The molecule has 0 aliphatic carbocycles. The molecule has 0 radical (unpaired) electrons. The number of likely N-dealkylation sites (tertiary alicyclic amines) is 1. The molecular weight excluding hydrogens is 318 g/mol. The quantitative estimate of drug-likeness (QED) is 0.828. The summed E-state index contributed by atoms with van der Waals surface area (Å²) >= 11 is 0. The van der Waals surface area contributed by atoms with E-state index in [1.807, 2.05) is 11.8 Å². The van der Waals surface area contributed by atoms with Crippen LogP contribution in [0.5, 0.6) is 0 Å². The number of hydrogen-bond donors (Lipinski definition) is 1. The van der Waals surface area contributed by atoms with Crippen LogP contribution in [0.2, 0.25) is 0 Å². The summed E-state index contributed by atoms with van der Waals surface area (Å²) in [5.74, 6) is -0.137. The second-order valence-corrected chi connectivity index (χ2v) is 6.85. The topological polar surface area (TPSA) is 83.7 Å². The molecule has 0 atom stereocenters. The lowest BCUT2D eigenvalue weighted by Gasteiger charge is -2.31. The Hall–Kier alpha value is -2.21. The molecule has 6 heteroatoms. The van der Waals surface area contributed by atoms with Crippen molar-refractivity contribution in [3.05, 3.63) is 34.9 Å². The number of hydrogen-bond acceptors (Lipinski definition) is 4. The summed E-state index contributed by atoms with van der Waals surface area (Å²) in [4.78, 5) is 40.7. The standard InChI is InChI=1S/C19H25N3O3/c1-2-3-8-22-18(24)15-5-4-14(11-16(15)19(22)25)17(23)21-9-6-13(12-20)7-10-21/h4-5,11,13H,2-3,6-10,12,20H2,1H3. The second-order valence-electron chi connectivity index (χ2n) is 6.85. The van der Waals surface area contributed by atoms with Gasteiger partial charge < -0.3 is 10.6 Å². The van der Waals surface area contributed by atoms with Crippen molar-refractivity contribution < 1.29 is 14.4 Å². The van der Waals surface area contributed by atoms with Gasteiger partial charge in [0.2, 0.25) is 0 Å². The van der Waals surface area contributed by atoms with Crippen LogP contribution in [0, 0.1) is 5.92 Å². The van der Waals surface area contributed by atoms with E-state index in [0.717, 1.165) is 25.7 Å². The van der Waals surface area contributed by atoms with E-state index in [1.54, 1.807) is 18.2 Å². The Morgan fingerprint density at radius 2 is 1.84 bits per heavy atom. The molecule has 6 nitrogen and oxygen atoms in total. The van der Waals surface area contributed by atoms with Gasteiger partial charge in [-0.25, -0.2) is 0 Å². The largest absolute Gasteiger partial charge is 0.339 e. The fraction of sp³-hybridized carbons (Fsp3) is 0.526.